The molecular weight excluding hydrogens is 443 g/mol. The van der Waals surface area contributed by atoms with Crippen LogP contribution in [0.15, 0.2) is 12.5 Å². The van der Waals surface area contributed by atoms with E-state index in [1.807, 2.05) is 27.0 Å². The molecule has 0 radical (unpaired) electrons. The first-order valence-electron chi connectivity index (χ1n) is 7.87. The van der Waals surface area contributed by atoms with Crippen molar-refractivity contribution in [2.45, 2.75) is 39.3 Å². The third-order valence-electron chi connectivity index (χ3n) is 3.95. The molecule has 6 nitrogen and oxygen atoms in total. The van der Waals surface area contributed by atoms with Gasteiger partial charge in [-0.2, -0.15) is 0 Å². The molecule has 24 heavy (non-hydrogen) atoms. The first-order valence-corrected chi connectivity index (χ1v) is 9.33. The number of amides is 1. The van der Waals surface area contributed by atoms with Crippen LogP contribution in [0.2, 0.25) is 5.15 Å². The zero-order chi connectivity index (χ0) is 17.5. The highest BCUT2D eigenvalue weighted by molar-refractivity contribution is 14.1. The molecule has 8 heteroatoms. The van der Waals surface area contributed by atoms with Crippen molar-refractivity contribution in [2.75, 3.05) is 13.1 Å². The minimum atomic E-state index is -0.463. The number of carbonyl (C=O) groups excluding carboxylic acids is 1. The zero-order valence-corrected chi connectivity index (χ0v) is 16.8. The maximum atomic E-state index is 12.2. The van der Waals surface area contributed by atoms with Gasteiger partial charge in [-0.3, -0.25) is 0 Å². The van der Waals surface area contributed by atoms with Crippen molar-refractivity contribution in [1.82, 2.24) is 19.4 Å². The second-order valence-corrected chi connectivity index (χ2v) is 8.59. The molecule has 1 amide bonds. The molecule has 1 aliphatic rings. The van der Waals surface area contributed by atoms with Crippen LogP contribution in [0.25, 0.3) is 11.0 Å². The number of hydrogen-bond donors (Lipinski definition) is 0. The van der Waals surface area contributed by atoms with Crippen LogP contribution in [0.4, 0.5) is 4.79 Å². The summed E-state index contributed by atoms with van der Waals surface area (Å²) >= 11 is 8.43. The molecule has 130 valence electrons. The number of hydrogen-bond acceptors (Lipinski definition) is 4. The number of fused-ring (bicyclic) bond motifs is 1. The summed E-state index contributed by atoms with van der Waals surface area (Å²) in [6.45, 7) is 7.88. The number of nitrogens with zero attached hydrogens (tertiary/aromatic N) is 4. The topological polar surface area (TPSA) is 60.2 Å². The van der Waals surface area contributed by atoms with Gasteiger partial charge in [0.25, 0.3) is 0 Å². The monoisotopic (exact) mass is 462 g/mol. The lowest BCUT2D eigenvalue weighted by Crippen LogP contribution is -2.35. The van der Waals surface area contributed by atoms with Crippen molar-refractivity contribution in [3.05, 3.63) is 21.2 Å². The Labute approximate surface area is 159 Å². The summed E-state index contributed by atoms with van der Waals surface area (Å²) in [4.78, 5) is 22.4. The van der Waals surface area contributed by atoms with Crippen LogP contribution < -0.4 is 0 Å². The Bertz CT molecular complexity index is 771. The van der Waals surface area contributed by atoms with Crippen molar-refractivity contribution in [2.24, 2.45) is 5.92 Å². The molecule has 1 atom stereocenters. The van der Waals surface area contributed by atoms with Gasteiger partial charge in [0.1, 0.15) is 22.7 Å². The molecule has 0 aliphatic carbocycles. The molecule has 1 fully saturated rings. The normalized spacial score (nSPS) is 18.4. The summed E-state index contributed by atoms with van der Waals surface area (Å²) in [5.41, 5.74) is 0.380. The third-order valence-corrected chi connectivity index (χ3v) is 5.06. The highest BCUT2D eigenvalue weighted by atomic mass is 127. The predicted octanol–water partition coefficient (Wildman–Crippen LogP) is 3.95. The van der Waals surface area contributed by atoms with Crippen LogP contribution in [0, 0.1) is 9.49 Å². The number of ether oxygens (including phenoxy) is 1. The number of rotatable bonds is 2. The molecule has 1 saturated heterocycles. The van der Waals surface area contributed by atoms with Gasteiger partial charge in [-0.05, 0) is 55.7 Å². The molecule has 2 aromatic rings. The molecule has 0 N–H and O–H groups in total. The van der Waals surface area contributed by atoms with Crippen LogP contribution in [0.1, 0.15) is 27.2 Å². The summed E-state index contributed by atoms with van der Waals surface area (Å²) in [6, 6.07) is 0. The van der Waals surface area contributed by atoms with Gasteiger partial charge in [0, 0.05) is 29.4 Å². The standard InChI is InChI=1S/C16H20ClIN4O2/c1-16(2,3)24-15(23)21-5-4-10(6-21)7-22-8-11(18)12-13(17)19-9-20-14(12)22/h8-10H,4-7H2,1-3H3. The fourth-order valence-corrected chi connectivity index (χ4v) is 4.15. The highest BCUT2D eigenvalue weighted by Gasteiger charge is 2.30. The molecular formula is C16H20ClIN4O2. The molecule has 3 heterocycles. The van der Waals surface area contributed by atoms with E-state index in [1.54, 1.807) is 4.90 Å². The van der Waals surface area contributed by atoms with Gasteiger partial charge >= 0.3 is 6.09 Å². The number of halogens is 2. The Morgan fingerprint density at radius 1 is 1.46 bits per heavy atom. The first kappa shape index (κ1) is 17.7. The van der Waals surface area contributed by atoms with Crippen LogP contribution in [-0.2, 0) is 11.3 Å². The highest BCUT2D eigenvalue weighted by Crippen LogP contribution is 2.29. The fraction of sp³-hybridized carbons (Fsp3) is 0.562. The second-order valence-electron chi connectivity index (χ2n) is 7.07. The molecule has 3 rings (SSSR count). The minimum Gasteiger partial charge on any atom is -0.444 e. The lowest BCUT2D eigenvalue weighted by Gasteiger charge is -2.24. The Balaban J connectivity index is 1.70. The average molecular weight is 463 g/mol. The van der Waals surface area contributed by atoms with E-state index in [4.69, 9.17) is 16.3 Å². The van der Waals surface area contributed by atoms with E-state index < -0.39 is 5.60 Å². The molecule has 1 aliphatic heterocycles. The minimum absolute atomic E-state index is 0.234. The van der Waals surface area contributed by atoms with E-state index in [1.165, 1.54) is 6.33 Å². The van der Waals surface area contributed by atoms with Gasteiger partial charge < -0.3 is 14.2 Å². The van der Waals surface area contributed by atoms with Crippen LogP contribution in [0.5, 0.6) is 0 Å². The SMILES string of the molecule is CC(C)(C)OC(=O)N1CCC(Cn2cc(I)c3c(Cl)ncnc32)C1. The van der Waals surface area contributed by atoms with E-state index in [-0.39, 0.29) is 6.09 Å². The largest absolute Gasteiger partial charge is 0.444 e. The number of likely N-dealkylation sites (tertiary alicyclic amines) is 1. The quantitative estimate of drug-likeness (QED) is 0.501. The average Bonchev–Trinajstić information content (AvgIpc) is 3.04. The zero-order valence-electron chi connectivity index (χ0n) is 13.9. The molecule has 0 spiro atoms. The van der Waals surface area contributed by atoms with Gasteiger partial charge in [-0.15, -0.1) is 0 Å². The van der Waals surface area contributed by atoms with E-state index in [9.17, 15) is 4.79 Å². The summed E-state index contributed by atoms with van der Waals surface area (Å²) < 4.78 is 8.59. The van der Waals surface area contributed by atoms with Gasteiger partial charge in [0.15, 0.2) is 0 Å². The van der Waals surface area contributed by atoms with Gasteiger partial charge in [0.05, 0.1) is 5.39 Å². The van der Waals surface area contributed by atoms with Gasteiger partial charge in [-0.25, -0.2) is 14.8 Å². The maximum absolute atomic E-state index is 12.2. The summed E-state index contributed by atoms with van der Waals surface area (Å²) in [7, 11) is 0. The third kappa shape index (κ3) is 3.77. The number of carbonyl (C=O) groups is 1. The molecule has 0 saturated carbocycles. The summed E-state index contributed by atoms with van der Waals surface area (Å²) in [5, 5.41) is 1.37. The van der Waals surface area contributed by atoms with Crippen molar-refractivity contribution in [1.29, 1.82) is 0 Å². The van der Waals surface area contributed by atoms with E-state index >= 15 is 0 Å². The van der Waals surface area contributed by atoms with E-state index in [0.717, 1.165) is 34.1 Å². The lowest BCUT2D eigenvalue weighted by atomic mass is 10.1. The maximum Gasteiger partial charge on any atom is 0.410 e. The van der Waals surface area contributed by atoms with Gasteiger partial charge in [-0.1, -0.05) is 11.6 Å². The van der Waals surface area contributed by atoms with Crippen molar-refractivity contribution < 1.29 is 9.53 Å². The Morgan fingerprint density at radius 2 is 2.21 bits per heavy atom. The molecule has 0 bridgehead atoms. The lowest BCUT2D eigenvalue weighted by molar-refractivity contribution is 0.0287. The molecule has 1 unspecified atom stereocenters. The van der Waals surface area contributed by atoms with Crippen LogP contribution >= 0.6 is 34.2 Å². The Morgan fingerprint density at radius 3 is 2.92 bits per heavy atom. The predicted molar refractivity (Wildman–Crippen MR) is 101 cm³/mol. The molecule has 2 aromatic heterocycles. The van der Waals surface area contributed by atoms with Gasteiger partial charge in [0.2, 0.25) is 0 Å². The Hall–Kier alpha value is -1.09. The summed E-state index contributed by atoms with van der Waals surface area (Å²) in [5.74, 6) is 0.373. The first-order chi connectivity index (χ1) is 11.2. The summed E-state index contributed by atoms with van der Waals surface area (Å²) in [6.07, 6.45) is 4.25. The number of aromatic nitrogens is 3. The van der Waals surface area contributed by atoms with Crippen LogP contribution in [0.3, 0.4) is 0 Å². The van der Waals surface area contributed by atoms with Crippen molar-refractivity contribution in [3.63, 3.8) is 0 Å². The fourth-order valence-electron chi connectivity index (χ4n) is 2.93. The van der Waals surface area contributed by atoms with E-state index in [2.05, 4.69) is 37.1 Å². The van der Waals surface area contributed by atoms with Crippen molar-refractivity contribution in [3.8, 4) is 0 Å². The van der Waals surface area contributed by atoms with Crippen LogP contribution in [-0.4, -0.2) is 44.2 Å². The molecule has 0 aromatic carbocycles. The Kier molecular flexibility index (Phi) is 4.92. The van der Waals surface area contributed by atoms with E-state index in [0.29, 0.717) is 17.6 Å². The second kappa shape index (κ2) is 6.67. The smallest absolute Gasteiger partial charge is 0.410 e. The van der Waals surface area contributed by atoms with Crippen molar-refractivity contribution >= 4 is 51.3 Å².